The Bertz CT molecular complexity index is 429. The summed E-state index contributed by atoms with van der Waals surface area (Å²) in [6.07, 6.45) is 0. The van der Waals surface area contributed by atoms with Gasteiger partial charge in [0.15, 0.2) is 0 Å². The van der Waals surface area contributed by atoms with E-state index < -0.39 is 4.92 Å². The van der Waals surface area contributed by atoms with Crippen molar-refractivity contribution in [3.63, 3.8) is 0 Å². The maximum absolute atomic E-state index is 11.7. The van der Waals surface area contributed by atoms with Crippen LogP contribution in [0.1, 0.15) is 10.4 Å². The van der Waals surface area contributed by atoms with E-state index in [0.717, 1.165) is 0 Å². The minimum atomic E-state index is -0.578. The number of para-hydroxylation sites is 1. The molecule has 6 nitrogen and oxygen atoms in total. The first-order valence-corrected chi connectivity index (χ1v) is 4.52. The summed E-state index contributed by atoms with van der Waals surface area (Å²) in [6.45, 7) is 0. The molecule has 0 saturated carbocycles. The molecule has 0 saturated heterocycles. The van der Waals surface area contributed by atoms with Gasteiger partial charge in [-0.05, 0) is 6.07 Å². The van der Waals surface area contributed by atoms with Crippen LogP contribution in [0.2, 0.25) is 0 Å². The molecular weight excluding hydrogens is 212 g/mol. The van der Waals surface area contributed by atoms with Crippen molar-refractivity contribution >= 4 is 11.6 Å². The lowest BCUT2D eigenvalue weighted by molar-refractivity contribution is -0.385. The van der Waals surface area contributed by atoms with Crippen LogP contribution in [0, 0.1) is 10.1 Å². The molecule has 1 amide bonds. The fraction of sp³-hybridized carbons (Fsp3) is 0.300. The molecule has 0 bridgehead atoms. The summed E-state index contributed by atoms with van der Waals surface area (Å²) >= 11 is 0. The molecule has 1 rings (SSSR count). The first-order valence-electron chi connectivity index (χ1n) is 4.52. The molecular formula is C10H12N2O4. The van der Waals surface area contributed by atoms with Crippen LogP contribution in [0.4, 0.5) is 5.69 Å². The van der Waals surface area contributed by atoms with E-state index in [0.29, 0.717) is 0 Å². The van der Waals surface area contributed by atoms with Gasteiger partial charge in [-0.3, -0.25) is 14.9 Å². The smallest absolute Gasteiger partial charge is 0.311 e. The van der Waals surface area contributed by atoms with E-state index in [2.05, 4.69) is 0 Å². The fourth-order valence-corrected chi connectivity index (χ4v) is 1.29. The Morgan fingerprint density at radius 1 is 1.44 bits per heavy atom. The normalized spacial score (nSPS) is 9.69. The third-order valence-corrected chi connectivity index (χ3v) is 2.03. The Morgan fingerprint density at radius 2 is 2.06 bits per heavy atom. The molecule has 0 unspecified atom stereocenters. The van der Waals surface area contributed by atoms with Crippen molar-refractivity contribution in [3.05, 3.63) is 33.9 Å². The van der Waals surface area contributed by atoms with E-state index >= 15 is 0 Å². The second-order valence-electron chi connectivity index (χ2n) is 3.31. The minimum absolute atomic E-state index is 0.00815. The zero-order valence-corrected chi connectivity index (χ0v) is 9.26. The van der Waals surface area contributed by atoms with Gasteiger partial charge in [0.05, 0.1) is 17.6 Å². The topological polar surface area (TPSA) is 72.7 Å². The molecule has 0 aliphatic carbocycles. The van der Waals surface area contributed by atoms with Gasteiger partial charge in [-0.1, -0.05) is 6.07 Å². The van der Waals surface area contributed by atoms with Gasteiger partial charge >= 0.3 is 5.69 Å². The van der Waals surface area contributed by atoms with Gasteiger partial charge < -0.3 is 9.64 Å². The summed E-state index contributed by atoms with van der Waals surface area (Å²) in [5.41, 5.74) is -0.0306. The Kier molecular flexibility index (Phi) is 3.44. The average molecular weight is 224 g/mol. The lowest BCUT2D eigenvalue weighted by Crippen LogP contribution is -2.22. The summed E-state index contributed by atoms with van der Waals surface area (Å²) < 4.78 is 4.92. The molecule has 0 fully saturated rings. The molecule has 6 heteroatoms. The van der Waals surface area contributed by atoms with Gasteiger partial charge in [0.1, 0.15) is 0 Å². The highest BCUT2D eigenvalue weighted by molar-refractivity contribution is 5.97. The lowest BCUT2D eigenvalue weighted by Gasteiger charge is -2.12. The van der Waals surface area contributed by atoms with Crippen LogP contribution >= 0.6 is 0 Å². The number of nitrogens with zero attached hydrogens (tertiary/aromatic N) is 2. The van der Waals surface area contributed by atoms with Crippen LogP contribution in [0.15, 0.2) is 18.2 Å². The summed E-state index contributed by atoms with van der Waals surface area (Å²) in [5, 5.41) is 10.7. The van der Waals surface area contributed by atoms with E-state index in [1.165, 1.54) is 30.2 Å². The number of rotatable bonds is 3. The zero-order chi connectivity index (χ0) is 12.3. The maximum Gasteiger partial charge on any atom is 0.311 e. The number of hydrogen-bond donors (Lipinski definition) is 0. The SMILES string of the molecule is COc1c(C(=O)N(C)C)cccc1[N+](=O)[O-]. The number of hydrogen-bond acceptors (Lipinski definition) is 4. The van der Waals surface area contributed by atoms with E-state index in [1.807, 2.05) is 0 Å². The van der Waals surface area contributed by atoms with Gasteiger partial charge in [-0.2, -0.15) is 0 Å². The molecule has 1 aromatic carbocycles. The second-order valence-corrected chi connectivity index (χ2v) is 3.31. The predicted octanol–water partition coefficient (Wildman–Crippen LogP) is 1.31. The number of amides is 1. The van der Waals surface area contributed by atoms with Crippen LogP contribution in [0.5, 0.6) is 5.75 Å². The summed E-state index contributed by atoms with van der Waals surface area (Å²) in [6, 6.07) is 4.25. The van der Waals surface area contributed by atoms with Crippen molar-refractivity contribution in [1.29, 1.82) is 0 Å². The monoisotopic (exact) mass is 224 g/mol. The van der Waals surface area contributed by atoms with Crippen molar-refractivity contribution in [2.24, 2.45) is 0 Å². The number of benzene rings is 1. The lowest BCUT2D eigenvalue weighted by atomic mass is 10.1. The van der Waals surface area contributed by atoms with Gasteiger partial charge in [0, 0.05) is 20.2 Å². The van der Waals surface area contributed by atoms with E-state index in [9.17, 15) is 14.9 Å². The molecule has 0 aromatic heterocycles. The molecule has 86 valence electrons. The molecule has 0 N–H and O–H groups in total. The van der Waals surface area contributed by atoms with E-state index in [4.69, 9.17) is 4.74 Å². The number of nitro groups is 1. The van der Waals surface area contributed by atoms with Gasteiger partial charge in [-0.15, -0.1) is 0 Å². The van der Waals surface area contributed by atoms with Gasteiger partial charge in [0.25, 0.3) is 5.91 Å². The Labute approximate surface area is 92.6 Å². The molecule has 16 heavy (non-hydrogen) atoms. The Hall–Kier alpha value is -2.11. The van der Waals surface area contributed by atoms with Crippen LogP contribution in [-0.2, 0) is 0 Å². The largest absolute Gasteiger partial charge is 0.490 e. The molecule has 0 atom stereocenters. The summed E-state index contributed by atoms with van der Waals surface area (Å²) in [4.78, 5) is 23.2. The highest BCUT2D eigenvalue weighted by Gasteiger charge is 2.23. The molecule has 0 radical (unpaired) electrons. The first kappa shape index (κ1) is 12.0. The molecule has 0 aliphatic rings. The van der Waals surface area contributed by atoms with Crippen LogP contribution < -0.4 is 4.74 Å². The first-order chi connectivity index (χ1) is 7.49. The van der Waals surface area contributed by atoms with Crippen LogP contribution in [-0.4, -0.2) is 36.9 Å². The Balaban J connectivity index is 3.35. The van der Waals surface area contributed by atoms with E-state index in [1.54, 1.807) is 14.1 Å². The second kappa shape index (κ2) is 4.61. The number of methoxy groups -OCH3 is 1. The highest BCUT2D eigenvalue weighted by Crippen LogP contribution is 2.30. The Morgan fingerprint density at radius 3 is 2.50 bits per heavy atom. The van der Waals surface area contributed by atoms with Crippen molar-refractivity contribution in [2.45, 2.75) is 0 Å². The standard InChI is InChI=1S/C10H12N2O4/c1-11(2)10(13)7-5-4-6-8(12(14)15)9(7)16-3/h4-6H,1-3H3. The number of ether oxygens (including phenoxy) is 1. The van der Waals surface area contributed by atoms with Crippen LogP contribution in [0.25, 0.3) is 0 Å². The average Bonchev–Trinajstić information content (AvgIpc) is 2.26. The molecule has 0 heterocycles. The fourth-order valence-electron chi connectivity index (χ4n) is 1.29. The number of nitro benzene ring substituents is 1. The number of carbonyl (C=O) groups excluding carboxylic acids is 1. The van der Waals surface area contributed by atoms with Gasteiger partial charge in [0.2, 0.25) is 5.75 Å². The van der Waals surface area contributed by atoms with Crippen LogP contribution in [0.3, 0.4) is 0 Å². The van der Waals surface area contributed by atoms with Crippen molar-refractivity contribution < 1.29 is 14.5 Å². The number of carbonyl (C=O) groups is 1. The molecule has 0 spiro atoms. The van der Waals surface area contributed by atoms with Crippen molar-refractivity contribution in [3.8, 4) is 5.75 Å². The predicted molar refractivity (Wildman–Crippen MR) is 57.7 cm³/mol. The summed E-state index contributed by atoms with van der Waals surface area (Å²) in [5.74, 6) is -0.341. The zero-order valence-electron chi connectivity index (χ0n) is 9.26. The highest BCUT2D eigenvalue weighted by atomic mass is 16.6. The molecule has 1 aromatic rings. The van der Waals surface area contributed by atoms with Crippen molar-refractivity contribution in [1.82, 2.24) is 4.90 Å². The third-order valence-electron chi connectivity index (χ3n) is 2.03. The summed E-state index contributed by atoms with van der Waals surface area (Å²) in [7, 11) is 4.44. The maximum atomic E-state index is 11.7. The quantitative estimate of drug-likeness (QED) is 0.573. The third kappa shape index (κ3) is 2.10. The van der Waals surface area contributed by atoms with E-state index in [-0.39, 0.29) is 22.9 Å². The minimum Gasteiger partial charge on any atom is -0.490 e. The molecule has 0 aliphatic heterocycles. The van der Waals surface area contributed by atoms with Gasteiger partial charge in [-0.25, -0.2) is 0 Å². The van der Waals surface area contributed by atoms with Crippen molar-refractivity contribution in [2.75, 3.05) is 21.2 Å².